The molecule has 13 heavy (non-hydrogen) atoms. The Morgan fingerprint density at radius 2 is 2.54 bits per heavy atom. The van der Waals surface area contributed by atoms with E-state index in [0.29, 0.717) is 6.42 Å². The molecule has 1 N–H and O–H groups in total. The van der Waals surface area contributed by atoms with Crippen LogP contribution in [-0.4, -0.2) is 26.1 Å². The van der Waals surface area contributed by atoms with Gasteiger partial charge < -0.3 is 0 Å². The Hall–Kier alpha value is -1.72. The van der Waals surface area contributed by atoms with E-state index in [0.717, 1.165) is 6.42 Å². The van der Waals surface area contributed by atoms with Crippen LogP contribution in [0.3, 0.4) is 0 Å². The minimum absolute atomic E-state index is 0.105. The zero-order chi connectivity index (χ0) is 9.68. The number of anilines is 1. The maximum absolute atomic E-state index is 11.1. The van der Waals surface area contributed by atoms with E-state index in [2.05, 4.69) is 27.3 Å². The lowest BCUT2D eigenvalue weighted by Gasteiger charge is -1.95. The van der Waals surface area contributed by atoms with Crippen molar-refractivity contribution in [2.75, 3.05) is 5.32 Å². The number of carbonyl (C=O) groups excluding carboxylic acids is 1. The number of nitrogens with zero attached hydrogens (tertiary/aromatic N) is 4. The third-order valence-electron chi connectivity index (χ3n) is 1.32. The van der Waals surface area contributed by atoms with Crippen LogP contribution in [0.1, 0.15) is 19.8 Å². The highest BCUT2D eigenvalue weighted by Crippen LogP contribution is 1.96. The van der Waals surface area contributed by atoms with Gasteiger partial charge in [0.25, 0.3) is 5.95 Å². The molecule has 0 saturated heterocycles. The maximum Gasteiger partial charge on any atom is 0.270 e. The van der Waals surface area contributed by atoms with Gasteiger partial charge in [0.05, 0.1) is 0 Å². The van der Waals surface area contributed by atoms with Gasteiger partial charge in [0, 0.05) is 12.6 Å². The summed E-state index contributed by atoms with van der Waals surface area (Å²) in [6.45, 7) is 5.37. The molecule has 70 valence electrons. The topological polar surface area (TPSA) is 72.7 Å². The van der Waals surface area contributed by atoms with Crippen LogP contribution in [-0.2, 0) is 4.79 Å². The van der Waals surface area contributed by atoms with Crippen LogP contribution in [0.2, 0.25) is 0 Å². The summed E-state index contributed by atoms with van der Waals surface area (Å²) in [6.07, 6.45) is 2.65. The summed E-state index contributed by atoms with van der Waals surface area (Å²) in [5, 5.41) is 13.5. The van der Waals surface area contributed by atoms with Crippen molar-refractivity contribution in [2.24, 2.45) is 0 Å². The smallest absolute Gasteiger partial charge is 0.270 e. The molecule has 6 nitrogen and oxygen atoms in total. The Bertz CT molecular complexity index is 306. The maximum atomic E-state index is 11.1. The Labute approximate surface area is 75.6 Å². The lowest BCUT2D eigenvalue weighted by Crippen LogP contribution is -2.11. The van der Waals surface area contributed by atoms with Gasteiger partial charge in [0.1, 0.15) is 0 Å². The van der Waals surface area contributed by atoms with Crippen molar-refractivity contribution in [3.63, 3.8) is 0 Å². The van der Waals surface area contributed by atoms with E-state index in [-0.39, 0.29) is 11.9 Å². The summed E-state index contributed by atoms with van der Waals surface area (Å²) in [4.78, 5) is 12.2. The number of amides is 1. The first kappa shape index (κ1) is 9.37. The van der Waals surface area contributed by atoms with E-state index in [1.54, 1.807) is 0 Å². The molecular formula is C7H11N5O. The van der Waals surface area contributed by atoms with Crippen molar-refractivity contribution < 1.29 is 4.79 Å². The average Bonchev–Trinajstić information content (AvgIpc) is 2.52. The zero-order valence-electron chi connectivity index (χ0n) is 7.40. The molecule has 0 aliphatic heterocycles. The van der Waals surface area contributed by atoms with Crippen LogP contribution in [0, 0.1) is 0 Å². The molecule has 0 fully saturated rings. The normalized spacial score (nSPS) is 9.62. The SMILES string of the molecule is C=Cn1nnc(NC(=O)CCC)n1. The Morgan fingerprint density at radius 3 is 3.08 bits per heavy atom. The van der Waals surface area contributed by atoms with Gasteiger partial charge in [-0.3, -0.25) is 10.1 Å². The van der Waals surface area contributed by atoms with Crippen molar-refractivity contribution >= 4 is 18.1 Å². The summed E-state index contributed by atoms with van der Waals surface area (Å²) < 4.78 is 0. The molecule has 1 aromatic heterocycles. The number of rotatable bonds is 4. The van der Waals surface area contributed by atoms with Crippen molar-refractivity contribution in [3.8, 4) is 0 Å². The number of aromatic nitrogens is 4. The molecular weight excluding hydrogens is 170 g/mol. The van der Waals surface area contributed by atoms with Gasteiger partial charge in [0.15, 0.2) is 0 Å². The second-order valence-electron chi connectivity index (χ2n) is 2.41. The fourth-order valence-corrected chi connectivity index (χ4v) is 0.767. The molecule has 0 atom stereocenters. The van der Waals surface area contributed by atoms with Crippen molar-refractivity contribution in [1.82, 2.24) is 20.2 Å². The van der Waals surface area contributed by atoms with E-state index in [4.69, 9.17) is 0 Å². The summed E-state index contributed by atoms with van der Waals surface area (Å²) in [5.41, 5.74) is 0. The van der Waals surface area contributed by atoms with E-state index in [1.165, 1.54) is 11.0 Å². The van der Waals surface area contributed by atoms with Gasteiger partial charge in [-0.25, -0.2) is 0 Å². The highest BCUT2D eigenvalue weighted by Gasteiger charge is 2.04. The van der Waals surface area contributed by atoms with Gasteiger partial charge in [-0.1, -0.05) is 18.6 Å². The highest BCUT2D eigenvalue weighted by atomic mass is 16.1. The largest absolute Gasteiger partial charge is 0.292 e. The van der Waals surface area contributed by atoms with Gasteiger partial charge in [-0.2, -0.15) is 0 Å². The molecule has 0 spiro atoms. The summed E-state index contributed by atoms with van der Waals surface area (Å²) in [6, 6.07) is 0. The Morgan fingerprint density at radius 1 is 1.77 bits per heavy atom. The average molecular weight is 181 g/mol. The number of nitrogens with one attached hydrogen (secondary N) is 1. The molecule has 0 bridgehead atoms. The number of tetrazole rings is 1. The molecule has 0 saturated carbocycles. The van der Waals surface area contributed by atoms with E-state index in [1.807, 2.05) is 6.92 Å². The first-order valence-electron chi connectivity index (χ1n) is 3.98. The lowest BCUT2D eigenvalue weighted by atomic mass is 10.3. The second kappa shape index (κ2) is 4.34. The van der Waals surface area contributed by atoms with Gasteiger partial charge in [0.2, 0.25) is 5.91 Å². The fourth-order valence-electron chi connectivity index (χ4n) is 0.767. The molecule has 0 radical (unpaired) electrons. The summed E-state index contributed by atoms with van der Waals surface area (Å²) >= 11 is 0. The van der Waals surface area contributed by atoms with Gasteiger partial charge in [-0.05, 0) is 11.6 Å². The minimum atomic E-state index is -0.105. The van der Waals surface area contributed by atoms with Crippen molar-refractivity contribution in [1.29, 1.82) is 0 Å². The molecule has 0 aromatic carbocycles. The fraction of sp³-hybridized carbons (Fsp3) is 0.429. The number of carbonyl (C=O) groups is 1. The lowest BCUT2D eigenvalue weighted by molar-refractivity contribution is -0.116. The quantitative estimate of drug-likeness (QED) is 0.734. The predicted molar refractivity (Wildman–Crippen MR) is 47.7 cm³/mol. The molecule has 1 amide bonds. The first-order valence-corrected chi connectivity index (χ1v) is 3.98. The van der Waals surface area contributed by atoms with E-state index >= 15 is 0 Å². The third-order valence-corrected chi connectivity index (χ3v) is 1.32. The molecule has 1 rings (SSSR count). The van der Waals surface area contributed by atoms with Crippen LogP contribution in [0.15, 0.2) is 6.58 Å². The third kappa shape index (κ3) is 2.66. The second-order valence-corrected chi connectivity index (χ2v) is 2.41. The number of hydrogen-bond acceptors (Lipinski definition) is 4. The van der Waals surface area contributed by atoms with Crippen LogP contribution < -0.4 is 5.32 Å². The molecule has 1 aromatic rings. The molecule has 6 heteroatoms. The molecule has 1 heterocycles. The van der Waals surface area contributed by atoms with Crippen LogP contribution in [0.4, 0.5) is 5.95 Å². The standard InChI is InChI=1S/C7H11N5O/c1-3-5-6(13)8-7-9-11-12(4-2)10-7/h4H,2-3,5H2,1H3,(H,8,10,13). The summed E-state index contributed by atoms with van der Waals surface area (Å²) in [7, 11) is 0. The summed E-state index contributed by atoms with van der Waals surface area (Å²) in [5.74, 6) is 0.101. The molecule has 0 aliphatic rings. The molecule has 0 aliphatic carbocycles. The van der Waals surface area contributed by atoms with E-state index < -0.39 is 0 Å². The zero-order valence-corrected chi connectivity index (χ0v) is 7.40. The highest BCUT2D eigenvalue weighted by molar-refractivity contribution is 5.88. The van der Waals surface area contributed by atoms with Gasteiger partial charge in [-0.15, -0.1) is 9.90 Å². The van der Waals surface area contributed by atoms with Crippen LogP contribution in [0.25, 0.3) is 6.20 Å². The van der Waals surface area contributed by atoms with Crippen molar-refractivity contribution in [2.45, 2.75) is 19.8 Å². The first-order chi connectivity index (χ1) is 6.26. The Kier molecular flexibility index (Phi) is 3.13. The predicted octanol–water partition coefficient (Wildman–Crippen LogP) is 0.512. The Balaban J connectivity index is 2.53. The minimum Gasteiger partial charge on any atom is -0.292 e. The van der Waals surface area contributed by atoms with Crippen LogP contribution >= 0.6 is 0 Å². The van der Waals surface area contributed by atoms with Crippen molar-refractivity contribution in [3.05, 3.63) is 6.58 Å². The number of hydrogen-bond donors (Lipinski definition) is 1. The van der Waals surface area contributed by atoms with Gasteiger partial charge >= 0.3 is 0 Å². The monoisotopic (exact) mass is 181 g/mol. The van der Waals surface area contributed by atoms with E-state index in [9.17, 15) is 4.79 Å². The molecule has 0 unspecified atom stereocenters. The van der Waals surface area contributed by atoms with Crippen LogP contribution in [0.5, 0.6) is 0 Å².